The van der Waals surface area contributed by atoms with Crippen LogP contribution >= 0.6 is 11.3 Å². The van der Waals surface area contributed by atoms with Crippen LogP contribution in [0.5, 0.6) is 5.75 Å². The molecular formula is C20H24N4OS. The third-order valence-corrected chi connectivity index (χ3v) is 4.85. The van der Waals surface area contributed by atoms with Crippen LogP contribution in [0.2, 0.25) is 0 Å². The number of benzene rings is 2. The SMILES string of the molecule is CN=C(NCCOc1cccc2ccccc12)N(C)Cc1csc(C)n1. The number of nitrogens with one attached hydrogen (secondary N) is 1. The lowest BCUT2D eigenvalue weighted by Crippen LogP contribution is -2.40. The minimum absolute atomic E-state index is 0.566. The topological polar surface area (TPSA) is 49.8 Å². The molecule has 0 amide bonds. The van der Waals surface area contributed by atoms with E-state index in [0.29, 0.717) is 13.2 Å². The van der Waals surface area contributed by atoms with Gasteiger partial charge in [0.15, 0.2) is 5.96 Å². The largest absolute Gasteiger partial charge is 0.491 e. The number of guanidine groups is 1. The molecule has 0 aliphatic carbocycles. The van der Waals surface area contributed by atoms with Gasteiger partial charge in [0.1, 0.15) is 12.4 Å². The van der Waals surface area contributed by atoms with Crippen molar-refractivity contribution >= 4 is 28.1 Å². The van der Waals surface area contributed by atoms with Crippen molar-refractivity contribution in [3.8, 4) is 5.75 Å². The fraction of sp³-hybridized carbons (Fsp3) is 0.300. The van der Waals surface area contributed by atoms with E-state index >= 15 is 0 Å². The molecule has 0 aliphatic heterocycles. The molecule has 0 aliphatic rings. The monoisotopic (exact) mass is 368 g/mol. The quantitative estimate of drug-likeness (QED) is 0.410. The molecule has 5 nitrogen and oxygen atoms in total. The zero-order valence-corrected chi connectivity index (χ0v) is 16.2. The Morgan fingerprint density at radius 2 is 2.04 bits per heavy atom. The summed E-state index contributed by atoms with van der Waals surface area (Å²) in [6, 6.07) is 14.4. The van der Waals surface area contributed by atoms with Crippen molar-refractivity contribution in [2.45, 2.75) is 13.5 Å². The number of aromatic nitrogens is 1. The molecule has 0 saturated heterocycles. The number of hydrogen-bond donors (Lipinski definition) is 1. The van der Waals surface area contributed by atoms with Crippen molar-refractivity contribution < 1.29 is 4.74 Å². The molecule has 1 heterocycles. The Balaban J connectivity index is 1.51. The molecule has 0 saturated carbocycles. The van der Waals surface area contributed by atoms with Gasteiger partial charge in [0.05, 0.1) is 23.8 Å². The maximum absolute atomic E-state index is 5.97. The summed E-state index contributed by atoms with van der Waals surface area (Å²) < 4.78 is 5.97. The molecule has 1 aromatic heterocycles. The second-order valence-electron chi connectivity index (χ2n) is 6.01. The summed E-state index contributed by atoms with van der Waals surface area (Å²) >= 11 is 1.67. The average molecular weight is 369 g/mol. The van der Waals surface area contributed by atoms with Gasteiger partial charge in [-0.15, -0.1) is 11.3 Å². The Morgan fingerprint density at radius 1 is 1.23 bits per heavy atom. The molecular weight excluding hydrogens is 344 g/mol. The Bertz CT molecular complexity index is 885. The number of nitrogens with zero attached hydrogens (tertiary/aromatic N) is 3. The number of aliphatic imine (C=N–C) groups is 1. The second kappa shape index (κ2) is 8.67. The van der Waals surface area contributed by atoms with Crippen molar-refractivity contribution in [2.24, 2.45) is 4.99 Å². The van der Waals surface area contributed by atoms with E-state index in [1.54, 1.807) is 18.4 Å². The molecule has 6 heteroatoms. The van der Waals surface area contributed by atoms with E-state index in [1.807, 2.05) is 38.2 Å². The molecule has 0 fully saturated rings. The Kier molecular flexibility index (Phi) is 6.07. The second-order valence-corrected chi connectivity index (χ2v) is 7.08. The van der Waals surface area contributed by atoms with Gasteiger partial charge in [0.25, 0.3) is 0 Å². The normalized spacial score (nSPS) is 11.6. The first-order valence-corrected chi connectivity index (χ1v) is 9.48. The molecule has 26 heavy (non-hydrogen) atoms. The lowest BCUT2D eigenvalue weighted by molar-refractivity contribution is 0.322. The van der Waals surface area contributed by atoms with Crippen LogP contribution in [0.25, 0.3) is 10.8 Å². The predicted molar refractivity (Wildman–Crippen MR) is 109 cm³/mol. The first-order chi connectivity index (χ1) is 12.7. The summed E-state index contributed by atoms with van der Waals surface area (Å²) in [5.41, 5.74) is 1.06. The van der Waals surface area contributed by atoms with Crippen LogP contribution < -0.4 is 10.1 Å². The lowest BCUT2D eigenvalue weighted by atomic mass is 10.1. The van der Waals surface area contributed by atoms with Crippen LogP contribution in [0.1, 0.15) is 10.7 Å². The first kappa shape index (κ1) is 18.2. The molecule has 1 N–H and O–H groups in total. The van der Waals surface area contributed by atoms with E-state index in [9.17, 15) is 0 Å². The van der Waals surface area contributed by atoms with Crippen LogP contribution in [0.15, 0.2) is 52.8 Å². The summed E-state index contributed by atoms with van der Waals surface area (Å²) in [6.07, 6.45) is 0. The number of rotatable bonds is 6. The third-order valence-electron chi connectivity index (χ3n) is 4.03. The fourth-order valence-electron chi connectivity index (χ4n) is 2.83. The highest BCUT2D eigenvalue weighted by atomic mass is 32.1. The third kappa shape index (κ3) is 4.52. The van der Waals surface area contributed by atoms with E-state index in [4.69, 9.17) is 4.74 Å². The van der Waals surface area contributed by atoms with Crippen LogP contribution in [0, 0.1) is 6.92 Å². The Labute approximate surface area is 158 Å². The van der Waals surface area contributed by atoms with E-state index in [2.05, 4.69) is 43.8 Å². The summed E-state index contributed by atoms with van der Waals surface area (Å²) in [7, 11) is 3.80. The molecule has 0 spiro atoms. The van der Waals surface area contributed by atoms with E-state index < -0.39 is 0 Å². The van der Waals surface area contributed by atoms with Gasteiger partial charge in [-0.1, -0.05) is 36.4 Å². The highest BCUT2D eigenvalue weighted by Crippen LogP contribution is 2.24. The highest BCUT2D eigenvalue weighted by Gasteiger charge is 2.08. The molecule has 0 radical (unpaired) electrons. The average Bonchev–Trinajstić information content (AvgIpc) is 3.06. The van der Waals surface area contributed by atoms with Crippen LogP contribution in [0.3, 0.4) is 0 Å². The number of hydrogen-bond acceptors (Lipinski definition) is 4. The molecule has 2 aromatic carbocycles. The van der Waals surface area contributed by atoms with Gasteiger partial charge < -0.3 is 15.0 Å². The van der Waals surface area contributed by atoms with Gasteiger partial charge in [-0.3, -0.25) is 4.99 Å². The molecule has 136 valence electrons. The first-order valence-electron chi connectivity index (χ1n) is 8.60. The Hall–Kier alpha value is -2.60. The molecule has 0 unspecified atom stereocenters. The lowest BCUT2D eigenvalue weighted by Gasteiger charge is -2.21. The maximum Gasteiger partial charge on any atom is 0.193 e. The highest BCUT2D eigenvalue weighted by molar-refractivity contribution is 7.09. The number of ether oxygens (including phenoxy) is 1. The minimum atomic E-state index is 0.566. The summed E-state index contributed by atoms with van der Waals surface area (Å²) in [5.74, 6) is 1.74. The molecule has 0 bridgehead atoms. The van der Waals surface area contributed by atoms with Crippen molar-refractivity contribution in [2.75, 3.05) is 27.2 Å². The van der Waals surface area contributed by atoms with Crippen LogP contribution in [-0.4, -0.2) is 43.1 Å². The van der Waals surface area contributed by atoms with Crippen molar-refractivity contribution in [3.63, 3.8) is 0 Å². The summed E-state index contributed by atoms with van der Waals surface area (Å²) in [6.45, 7) is 3.99. The van der Waals surface area contributed by atoms with E-state index in [0.717, 1.165) is 34.3 Å². The van der Waals surface area contributed by atoms with Gasteiger partial charge >= 0.3 is 0 Å². The fourth-order valence-corrected chi connectivity index (χ4v) is 3.43. The molecule has 0 atom stereocenters. The van der Waals surface area contributed by atoms with Gasteiger partial charge in [-0.2, -0.15) is 0 Å². The zero-order valence-electron chi connectivity index (χ0n) is 15.4. The van der Waals surface area contributed by atoms with Crippen molar-refractivity contribution in [1.82, 2.24) is 15.2 Å². The van der Waals surface area contributed by atoms with Crippen molar-refractivity contribution in [3.05, 3.63) is 58.5 Å². The molecule has 3 rings (SSSR count). The number of aryl methyl sites for hydroxylation is 1. The van der Waals surface area contributed by atoms with Gasteiger partial charge in [0.2, 0.25) is 0 Å². The number of thiazole rings is 1. The maximum atomic E-state index is 5.97. The predicted octanol–water partition coefficient (Wildman–Crippen LogP) is 3.69. The standard InChI is InChI=1S/C20H24N4OS/c1-15-23-17(14-26-15)13-24(3)20(21-2)22-11-12-25-19-10-6-8-16-7-4-5-9-18(16)19/h4-10,14H,11-13H2,1-3H3,(H,21,22). The van der Waals surface area contributed by atoms with Gasteiger partial charge in [-0.05, 0) is 18.4 Å². The summed E-state index contributed by atoms with van der Waals surface area (Å²) in [4.78, 5) is 10.9. The van der Waals surface area contributed by atoms with E-state index in [1.165, 1.54) is 5.39 Å². The Morgan fingerprint density at radius 3 is 2.81 bits per heavy atom. The smallest absolute Gasteiger partial charge is 0.193 e. The summed E-state index contributed by atoms with van der Waals surface area (Å²) in [5, 5.41) is 8.83. The minimum Gasteiger partial charge on any atom is -0.491 e. The number of fused-ring (bicyclic) bond motifs is 1. The van der Waals surface area contributed by atoms with E-state index in [-0.39, 0.29) is 0 Å². The van der Waals surface area contributed by atoms with Crippen LogP contribution in [0.4, 0.5) is 0 Å². The van der Waals surface area contributed by atoms with Gasteiger partial charge in [-0.25, -0.2) is 4.98 Å². The van der Waals surface area contributed by atoms with Gasteiger partial charge in [0, 0.05) is 24.9 Å². The molecule has 3 aromatic rings. The zero-order chi connectivity index (χ0) is 18.4. The van der Waals surface area contributed by atoms with Crippen LogP contribution in [-0.2, 0) is 6.54 Å². The van der Waals surface area contributed by atoms with Crippen molar-refractivity contribution in [1.29, 1.82) is 0 Å².